The average molecular weight is 314 g/mol. The topological polar surface area (TPSA) is 46.5 Å². The summed E-state index contributed by atoms with van der Waals surface area (Å²) in [6.45, 7) is 4.00. The molecule has 0 heterocycles. The van der Waals surface area contributed by atoms with E-state index in [4.69, 9.17) is 4.74 Å². The van der Waals surface area contributed by atoms with Gasteiger partial charge in [0.1, 0.15) is 0 Å². The number of rotatable bonds is 2. The molecule has 0 aliphatic heterocycles. The summed E-state index contributed by atoms with van der Waals surface area (Å²) in [5, 5.41) is 9.63. The molecule has 1 N–H and O–H groups in total. The van der Waals surface area contributed by atoms with Crippen LogP contribution >= 0.6 is 0 Å². The second kappa shape index (κ2) is 5.42. The second-order valence-electron chi connectivity index (χ2n) is 7.82. The van der Waals surface area contributed by atoms with Gasteiger partial charge in [-0.1, -0.05) is 19.1 Å². The number of fused-ring (bicyclic) bond motifs is 4. The van der Waals surface area contributed by atoms with Crippen LogP contribution in [0.5, 0.6) is 0 Å². The molecule has 0 amide bonds. The summed E-state index contributed by atoms with van der Waals surface area (Å²) in [5.74, 6) is 1.48. The number of carbonyl (C=O) groups excluding carboxylic acids is 1. The first-order valence-electron chi connectivity index (χ1n) is 8.98. The van der Waals surface area contributed by atoms with Gasteiger partial charge in [0.15, 0.2) is 12.1 Å². The van der Waals surface area contributed by atoms with Crippen molar-refractivity contribution in [2.45, 2.75) is 64.8 Å². The van der Waals surface area contributed by atoms with Crippen LogP contribution in [0.3, 0.4) is 0 Å². The van der Waals surface area contributed by atoms with Gasteiger partial charge in [0, 0.05) is 11.8 Å². The predicted octanol–water partition coefficient (Wildman–Crippen LogP) is 3.69. The Morgan fingerprint density at radius 2 is 2.09 bits per heavy atom. The molecule has 124 valence electrons. The van der Waals surface area contributed by atoms with Crippen LogP contribution in [0.25, 0.3) is 0 Å². The lowest BCUT2D eigenvalue weighted by molar-refractivity contribution is -0.148. The van der Waals surface area contributed by atoms with Gasteiger partial charge in [-0.25, -0.2) is 0 Å². The Labute approximate surface area is 138 Å². The van der Waals surface area contributed by atoms with Gasteiger partial charge in [0.25, 0.3) is 0 Å². The molecule has 0 saturated heterocycles. The first-order valence-corrected chi connectivity index (χ1v) is 8.98. The van der Waals surface area contributed by atoms with E-state index < -0.39 is 6.29 Å². The van der Waals surface area contributed by atoms with Crippen molar-refractivity contribution >= 4 is 5.78 Å². The minimum absolute atomic E-state index is 0.0252. The van der Waals surface area contributed by atoms with Crippen molar-refractivity contribution in [1.29, 1.82) is 0 Å². The van der Waals surface area contributed by atoms with E-state index in [2.05, 4.69) is 19.1 Å². The van der Waals surface area contributed by atoms with Crippen LogP contribution in [0.2, 0.25) is 0 Å². The fourth-order valence-electron chi connectivity index (χ4n) is 5.43. The molecular weight excluding hydrogens is 288 g/mol. The van der Waals surface area contributed by atoms with Gasteiger partial charge < -0.3 is 9.84 Å². The summed E-state index contributed by atoms with van der Waals surface area (Å²) in [6, 6.07) is 0. The van der Waals surface area contributed by atoms with Crippen LogP contribution in [0.1, 0.15) is 52.4 Å². The molecule has 3 nitrogen and oxygen atoms in total. The highest BCUT2D eigenvalue weighted by Gasteiger charge is 2.52. The van der Waals surface area contributed by atoms with Gasteiger partial charge in [-0.2, -0.15) is 0 Å². The third kappa shape index (κ3) is 2.36. The number of aliphatic hydroxyl groups is 1. The largest absolute Gasteiger partial charge is 0.368 e. The minimum atomic E-state index is -0.700. The number of allylic oxidation sites excluding steroid dienone is 5. The van der Waals surface area contributed by atoms with Gasteiger partial charge in [-0.15, -0.1) is 0 Å². The third-order valence-electron chi connectivity index (χ3n) is 6.52. The monoisotopic (exact) mass is 314 g/mol. The Kier molecular flexibility index (Phi) is 3.62. The van der Waals surface area contributed by atoms with Gasteiger partial charge in [-0.05, 0) is 73.7 Å². The maximum Gasteiger partial charge on any atom is 0.156 e. The molecule has 0 aromatic heterocycles. The molecule has 4 rings (SSSR count). The lowest BCUT2D eigenvalue weighted by Crippen LogP contribution is -2.41. The van der Waals surface area contributed by atoms with Crippen molar-refractivity contribution in [3.05, 3.63) is 34.9 Å². The number of carbonyl (C=O) groups is 1. The summed E-state index contributed by atoms with van der Waals surface area (Å²) < 4.78 is 5.82. The highest BCUT2D eigenvalue weighted by Crippen LogP contribution is 2.58. The van der Waals surface area contributed by atoms with Gasteiger partial charge in [0.05, 0.1) is 6.10 Å². The lowest BCUT2D eigenvalue weighted by atomic mass is 9.60. The normalized spacial score (nSPS) is 40.4. The van der Waals surface area contributed by atoms with E-state index >= 15 is 0 Å². The predicted molar refractivity (Wildman–Crippen MR) is 88.6 cm³/mol. The van der Waals surface area contributed by atoms with Crippen molar-refractivity contribution in [2.24, 2.45) is 17.3 Å². The summed E-state index contributed by atoms with van der Waals surface area (Å²) >= 11 is 0. The fourth-order valence-corrected chi connectivity index (χ4v) is 5.43. The van der Waals surface area contributed by atoms with Crippen LogP contribution in [-0.2, 0) is 9.53 Å². The average Bonchev–Trinajstić information content (AvgIpc) is 2.83. The van der Waals surface area contributed by atoms with E-state index in [0.717, 1.165) is 32.1 Å². The van der Waals surface area contributed by atoms with Gasteiger partial charge in [-0.3, -0.25) is 4.79 Å². The first kappa shape index (κ1) is 15.3. The molecular formula is C20H26O3. The van der Waals surface area contributed by atoms with Crippen LogP contribution in [0.15, 0.2) is 34.9 Å². The summed E-state index contributed by atoms with van der Waals surface area (Å²) in [6.07, 6.45) is 11.9. The number of ketones is 1. The van der Waals surface area contributed by atoms with Crippen molar-refractivity contribution in [1.82, 2.24) is 0 Å². The molecule has 4 aliphatic carbocycles. The molecule has 0 aromatic carbocycles. The fraction of sp³-hybridized carbons (Fsp3) is 0.650. The Morgan fingerprint density at radius 1 is 1.26 bits per heavy atom. The van der Waals surface area contributed by atoms with E-state index in [1.165, 1.54) is 16.7 Å². The highest BCUT2D eigenvalue weighted by molar-refractivity contribution is 5.93. The van der Waals surface area contributed by atoms with Crippen LogP contribution in [0.4, 0.5) is 0 Å². The Balaban J connectivity index is 1.72. The van der Waals surface area contributed by atoms with Crippen molar-refractivity contribution < 1.29 is 14.6 Å². The van der Waals surface area contributed by atoms with E-state index in [1.807, 2.05) is 6.08 Å². The first-order chi connectivity index (χ1) is 11.0. The SMILES string of the molecule is CC(O)O[C@H]1CC[C@H]2[C@@H]3CCC4=CC(=O)CCC4=C3C=C[C@]12C. The number of ether oxygens (including phenoxy) is 1. The zero-order chi connectivity index (χ0) is 16.2. The molecule has 1 unspecified atom stereocenters. The van der Waals surface area contributed by atoms with Crippen LogP contribution in [0, 0.1) is 17.3 Å². The zero-order valence-electron chi connectivity index (χ0n) is 14.0. The zero-order valence-corrected chi connectivity index (χ0v) is 14.0. The lowest BCUT2D eigenvalue weighted by Gasteiger charge is -2.45. The molecule has 4 aliphatic rings. The van der Waals surface area contributed by atoms with Crippen LogP contribution in [-0.4, -0.2) is 23.3 Å². The molecule has 0 bridgehead atoms. The van der Waals surface area contributed by atoms with E-state index in [-0.39, 0.29) is 11.5 Å². The molecule has 23 heavy (non-hydrogen) atoms. The quantitative estimate of drug-likeness (QED) is 0.791. The summed E-state index contributed by atoms with van der Waals surface area (Å²) in [5.41, 5.74) is 4.24. The highest BCUT2D eigenvalue weighted by atomic mass is 16.6. The second-order valence-corrected chi connectivity index (χ2v) is 7.82. The third-order valence-corrected chi connectivity index (χ3v) is 6.52. The maximum absolute atomic E-state index is 11.7. The van der Waals surface area contributed by atoms with E-state index in [0.29, 0.717) is 24.0 Å². The standard InChI is InChI=1S/C20H26O3/c1-12(21)23-19-8-7-18-17-5-3-13-11-14(22)4-6-15(13)16(17)9-10-20(18,19)2/h9-12,17-19,21H,3-8H2,1-2H3/t12?,17-,18+,19+,20+/m1/s1. The smallest absolute Gasteiger partial charge is 0.156 e. The van der Waals surface area contributed by atoms with Crippen LogP contribution < -0.4 is 0 Å². The van der Waals surface area contributed by atoms with E-state index in [9.17, 15) is 9.90 Å². The molecule has 0 spiro atoms. The van der Waals surface area contributed by atoms with Crippen molar-refractivity contribution in [3.63, 3.8) is 0 Å². The van der Waals surface area contributed by atoms with Gasteiger partial charge in [0.2, 0.25) is 0 Å². The van der Waals surface area contributed by atoms with Gasteiger partial charge >= 0.3 is 0 Å². The number of aliphatic hydroxyl groups excluding tert-OH is 1. The Bertz CT molecular complexity index is 625. The maximum atomic E-state index is 11.7. The number of hydrogen-bond acceptors (Lipinski definition) is 3. The van der Waals surface area contributed by atoms with Crippen molar-refractivity contribution in [3.8, 4) is 0 Å². The molecule has 0 radical (unpaired) electrons. The molecule has 3 heteroatoms. The summed E-state index contributed by atoms with van der Waals surface area (Å²) in [4.78, 5) is 11.7. The van der Waals surface area contributed by atoms with Crippen molar-refractivity contribution in [2.75, 3.05) is 0 Å². The minimum Gasteiger partial charge on any atom is -0.368 e. The Morgan fingerprint density at radius 3 is 2.87 bits per heavy atom. The molecule has 1 saturated carbocycles. The Hall–Kier alpha value is -1.19. The molecule has 1 fully saturated rings. The molecule has 0 aromatic rings. The number of hydrogen-bond donors (Lipinski definition) is 1. The summed E-state index contributed by atoms with van der Waals surface area (Å²) in [7, 11) is 0. The van der Waals surface area contributed by atoms with E-state index in [1.54, 1.807) is 6.92 Å². The molecule has 5 atom stereocenters.